The Labute approximate surface area is 174 Å². The molecule has 0 saturated carbocycles. The Balaban J connectivity index is 0.00000261. The number of nitro groups is 1. The van der Waals surface area contributed by atoms with E-state index in [0.29, 0.717) is 5.95 Å². The van der Waals surface area contributed by atoms with E-state index in [9.17, 15) is 14.9 Å². The van der Waals surface area contributed by atoms with E-state index in [-0.39, 0.29) is 40.6 Å². The zero-order chi connectivity index (χ0) is 18.8. The SMILES string of the molecule is Cn1c(-c2ccc(Br)cc2)c[n+](CC(=O)c2cccc([N+](=O)[O-])c2)c1N.[Br-]. The average molecular weight is 496 g/mol. The van der Waals surface area contributed by atoms with Gasteiger partial charge in [0.2, 0.25) is 0 Å². The van der Waals surface area contributed by atoms with Crippen molar-refractivity contribution in [3.8, 4) is 11.3 Å². The first-order chi connectivity index (χ1) is 12.4. The zero-order valence-corrected chi connectivity index (χ0v) is 17.5. The number of nitrogens with two attached hydrogens (primary N) is 1. The van der Waals surface area contributed by atoms with Gasteiger partial charge in [-0.25, -0.2) is 9.13 Å². The molecule has 1 aromatic heterocycles. The second-order valence-electron chi connectivity index (χ2n) is 5.80. The maximum atomic E-state index is 12.5. The number of Topliss-reactive ketones (excluding diaryl/α,β-unsaturated/α-hetero) is 1. The highest BCUT2D eigenvalue weighted by atomic mass is 79.9. The molecule has 0 spiro atoms. The molecule has 1 heterocycles. The average Bonchev–Trinajstić information content (AvgIpc) is 2.91. The third kappa shape index (κ3) is 4.42. The molecule has 0 radical (unpaired) electrons. The number of rotatable bonds is 5. The smallest absolute Gasteiger partial charge is 0.355 e. The first kappa shape index (κ1) is 20.8. The van der Waals surface area contributed by atoms with Crippen LogP contribution in [0.5, 0.6) is 0 Å². The van der Waals surface area contributed by atoms with E-state index >= 15 is 0 Å². The Morgan fingerprint density at radius 1 is 1.26 bits per heavy atom. The second-order valence-corrected chi connectivity index (χ2v) is 6.71. The van der Waals surface area contributed by atoms with Gasteiger partial charge in [-0.05, 0) is 12.1 Å². The van der Waals surface area contributed by atoms with Gasteiger partial charge in [0.15, 0.2) is 5.78 Å². The van der Waals surface area contributed by atoms with Crippen LogP contribution in [0.25, 0.3) is 11.3 Å². The lowest BCUT2D eigenvalue weighted by molar-refractivity contribution is -0.667. The van der Waals surface area contributed by atoms with E-state index in [1.54, 1.807) is 21.4 Å². The van der Waals surface area contributed by atoms with Crippen molar-refractivity contribution in [2.24, 2.45) is 7.05 Å². The number of hydrogen-bond acceptors (Lipinski definition) is 4. The number of nitrogen functional groups attached to an aromatic ring is 1. The molecule has 3 rings (SSSR count). The highest BCUT2D eigenvalue weighted by Gasteiger charge is 2.21. The van der Waals surface area contributed by atoms with Gasteiger partial charge in [0.25, 0.3) is 5.69 Å². The van der Waals surface area contributed by atoms with Gasteiger partial charge in [0, 0.05) is 27.7 Å². The topological polar surface area (TPSA) is 95.0 Å². The molecule has 0 aliphatic carbocycles. The zero-order valence-electron chi connectivity index (χ0n) is 14.3. The lowest BCUT2D eigenvalue weighted by Crippen LogP contribution is -3.00. The van der Waals surface area contributed by atoms with Crippen molar-refractivity contribution in [2.45, 2.75) is 6.54 Å². The van der Waals surface area contributed by atoms with Gasteiger partial charge in [-0.3, -0.25) is 20.6 Å². The fraction of sp³-hybridized carbons (Fsp3) is 0.111. The number of halogens is 2. The Morgan fingerprint density at radius 2 is 1.93 bits per heavy atom. The monoisotopic (exact) mass is 494 g/mol. The molecule has 0 bridgehead atoms. The number of non-ortho nitro benzene ring substituents is 1. The third-order valence-corrected chi connectivity index (χ3v) is 4.64. The van der Waals surface area contributed by atoms with Gasteiger partial charge in [-0.2, -0.15) is 0 Å². The fourth-order valence-electron chi connectivity index (χ4n) is 2.67. The molecule has 2 N–H and O–H groups in total. The second kappa shape index (κ2) is 8.45. The standard InChI is InChI=1S/C18H15BrN4O3.BrH/c1-21-16(12-5-7-14(19)8-6-12)10-22(18(21)20)11-17(24)13-3-2-4-15(9-13)23(25)26;/h2-10,20H,11H2,1H3;1H. The van der Waals surface area contributed by atoms with E-state index in [2.05, 4.69) is 15.9 Å². The molecule has 0 fully saturated rings. The van der Waals surface area contributed by atoms with Crippen LogP contribution in [0, 0.1) is 10.1 Å². The summed E-state index contributed by atoms with van der Waals surface area (Å²) in [7, 11) is 1.82. The summed E-state index contributed by atoms with van der Waals surface area (Å²) in [5, 5.41) is 10.9. The van der Waals surface area contributed by atoms with Gasteiger partial charge in [-0.1, -0.05) is 40.2 Å². The number of carbonyl (C=O) groups is 1. The first-order valence-electron chi connectivity index (χ1n) is 7.75. The summed E-state index contributed by atoms with van der Waals surface area (Å²) in [6.45, 7) is -0.00261. The van der Waals surface area contributed by atoms with Crippen LogP contribution in [-0.2, 0) is 13.6 Å². The van der Waals surface area contributed by atoms with Crippen molar-refractivity contribution in [1.82, 2.24) is 4.57 Å². The molecule has 0 amide bonds. The number of anilines is 1. The molecule has 27 heavy (non-hydrogen) atoms. The maximum Gasteiger partial charge on any atom is 0.355 e. The number of ketones is 1. The molecule has 3 aromatic rings. The van der Waals surface area contributed by atoms with E-state index in [0.717, 1.165) is 15.7 Å². The van der Waals surface area contributed by atoms with Gasteiger partial charge >= 0.3 is 5.95 Å². The van der Waals surface area contributed by atoms with Crippen molar-refractivity contribution in [2.75, 3.05) is 5.73 Å². The first-order valence-corrected chi connectivity index (χ1v) is 8.54. The van der Waals surface area contributed by atoms with Crippen molar-refractivity contribution in [3.05, 3.63) is 74.9 Å². The number of aromatic nitrogens is 2. The van der Waals surface area contributed by atoms with E-state index in [4.69, 9.17) is 5.73 Å². The molecular formula is C18H16Br2N4O3. The number of hydrogen-bond donors (Lipinski definition) is 1. The Hall–Kier alpha value is -2.52. The number of carbonyl (C=O) groups excluding carboxylic acids is 1. The van der Waals surface area contributed by atoms with Gasteiger partial charge in [0.1, 0.15) is 18.4 Å². The Morgan fingerprint density at radius 3 is 2.56 bits per heavy atom. The van der Waals surface area contributed by atoms with Crippen LogP contribution in [0.2, 0.25) is 0 Å². The summed E-state index contributed by atoms with van der Waals surface area (Å²) in [4.78, 5) is 22.9. The largest absolute Gasteiger partial charge is 1.00 e. The molecule has 2 aromatic carbocycles. The van der Waals surface area contributed by atoms with Crippen LogP contribution in [-0.4, -0.2) is 15.3 Å². The quantitative estimate of drug-likeness (QED) is 0.235. The summed E-state index contributed by atoms with van der Waals surface area (Å²) in [6.07, 6.45) is 1.80. The highest BCUT2D eigenvalue weighted by molar-refractivity contribution is 9.10. The van der Waals surface area contributed by atoms with Crippen LogP contribution < -0.4 is 27.3 Å². The van der Waals surface area contributed by atoms with Crippen molar-refractivity contribution in [3.63, 3.8) is 0 Å². The maximum absolute atomic E-state index is 12.5. The predicted molar refractivity (Wildman–Crippen MR) is 101 cm³/mol. The summed E-state index contributed by atoms with van der Waals surface area (Å²) < 4.78 is 4.40. The molecule has 0 aliphatic rings. The van der Waals surface area contributed by atoms with Crippen molar-refractivity contribution in [1.29, 1.82) is 0 Å². The number of nitrogens with zero attached hydrogens (tertiary/aromatic N) is 3. The van der Waals surface area contributed by atoms with Crippen LogP contribution in [0.1, 0.15) is 10.4 Å². The Bertz CT molecular complexity index is 1000. The number of nitro benzene ring substituents is 1. The summed E-state index contributed by atoms with van der Waals surface area (Å²) >= 11 is 3.40. The van der Waals surface area contributed by atoms with Crippen LogP contribution in [0.15, 0.2) is 59.2 Å². The molecule has 140 valence electrons. The molecular weight excluding hydrogens is 480 g/mol. The van der Waals surface area contributed by atoms with Gasteiger partial charge < -0.3 is 17.0 Å². The minimum Gasteiger partial charge on any atom is -1.00 e. The predicted octanol–water partition coefficient (Wildman–Crippen LogP) is 0.119. The molecule has 0 atom stereocenters. The fourth-order valence-corrected chi connectivity index (χ4v) is 2.94. The number of benzene rings is 2. The summed E-state index contributed by atoms with van der Waals surface area (Å²) in [5.41, 5.74) is 8.12. The van der Waals surface area contributed by atoms with Gasteiger partial charge in [0.05, 0.1) is 12.0 Å². The van der Waals surface area contributed by atoms with Gasteiger partial charge in [-0.15, -0.1) is 0 Å². The molecule has 0 saturated heterocycles. The minimum absolute atomic E-state index is 0. The third-order valence-electron chi connectivity index (χ3n) is 4.11. The summed E-state index contributed by atoms with van der Waals surface area (Å²) in [5.74, 6) is 0.167. The highest BCUT2D eigenvalue weighted by Crippen LogP contribution is 2.22. The van der Waals surface area contributed by atoms with E-state index in [1.807, 2.05) is 31.3 Å². The van der Waals surface area contributed by atoms with E-state index < -0.39 is 4.92 Å². The van der Waals surface area contributed by atoms with Crippen LogP contribution in [0.4, 0.5) is 11.6 Å². The molecule has 0 aliphatic heterocycles. The van der Waals surface area contributed by atoms with Crippen LogP contribution in [0.3, 0.4) is 0 Å². The summed E-state index contributed by atoms with van der Waals surface area (Å²) in [6, 6.07) is 13.4. The normalized spacial score (nSPS) is 10.3. The number of imidazole rings is 1. The molecule has 7 nitrogen and oxygen atoms in total. The Kier molecular flexibility index (Phi) is 6.50. The molecule has 9 heteroatoms. The lowest BCUT2D eigenvalue weighted by Gasteiger charge is -2.00. The van der Waals surface area contributed by atoms with Crippen molar-refractivity contribution < 1.29 is 31.3 Å². The minimum atomic E-state index is -0.521. The van der Waals surface area contributed by atoms with E-state index in [1.165, 1.54) is 18.2 Å². The lowest BCUT2D eigenvalue weighted by atomic mass is 10.1. The molecule has 0 unspecified atom stereocenters. The van der Waals surface area contributed by atoms with Crippen molar-refractivity contribution >= 4 is 33.3 Å². The van der Waals surface area contributed by atoms with Crippen LogP contribution >= 0.6 is 15.9 Å².